The molecule has 0 aliphatic carbocycles. The normalized spacial score (nSPS) is 12.0. The van der Waals surface area contributed by atoms with Gasteiger partial charge in [0.25, 0.3) is 5.91 Å². The van der Waals surface area contributed by atoms with E-state index in [0.29, 0.717) is 30.1 Å². The maximum absolute atomic E-state index is 11.7. The van der Waals surface area contributed by atoms with Gasteiger partial charge < -0.3 is 10.8 Å². The van der Waals surface area contributed by atoms with Gasteiger partial charge in [-0.1, -0.05) is 39.0 Å². The Labute approximate surface area is 156 Å². The van der Waals surface area contributed by atoms with Crippen molar-refractivity contribution >= 4 is 17.5 Å². The van der Waals surface area contributed by atoms with E-state index in [0.717, 1.165) is 38.5 Å². The number of nitrogens with zero attached hydrogens (tertiary/aromatic N) is 1. The highest BCUT2D eigenvalue weighted by atomic mass is 16.5. The Bertz CT molecular complexity index is 415. The second-order valence-corrected chi connectivity index (χ2v) is 6.80. The van der Waals surface area contributed by atoms with E-state index in [1.807, 2.05) is 0 Å². The van der Waals surface area contributed by atoms with E-state index < -0.39 is 18.6 Å². The molecule has 0 aliphatic heterocycles. The lowest BCUT2D eigenvalue weighted by Crippen LogP contribution is -2.44. The fourth-order valence-corrected chi connectivity index (χ4v) is 2.61. The summed E-state index contributed by atoms with van der Waals surface area (Å²) in [4.78, 5) is 34.8. The van der Waals surface area contributed by atoms with Crippen molar-refractivity contribution < 1.29 is 24.7 Å². The highest BCUT2D eigenvalue weighted by molar-refractivity contribution is 5.82. The molecule has 0 aromatic rings. The van der Waals surface area contributed by atoms with Crippen molar-refractivity contribution in [3.63, 3.8) is 0 Å². The summed E-state index contributed by atoms with van der Waals surface area (Å²) in [7, 11) is 0. The average Bonchev–Trinajstić information content (AvgIpc) is 2.64. The molecule has 0 saturated carbocycles. The summed E-state index contributed by atoms with van der Waals surface area (Å²) in [6, 6.07) is -1.16. The van der Waals surface area contributed by atoms with Crippen molar-refractivity contribution in [3.05, 3.63) is 0 Å². The first kappa shape index (κ1) is 24.7. The van der Waals surface area contributed by atoms with Crippen LogP contribution in [-0.4, -0.2) is 52.0 Å². The molecule has 7 heteroatoms. The van der Waals surface area contributed by atoms with E-state index in [-0.39, 0.29) is 18.7 Å². The number of hydrogen-bond donors (Lipinski definition) is 3. The molecule has 0 radical (unpaired) electrons. The topological polar surface area (TPSA) is 121 Å². The Hall–Kier alpha value is -1.31. The zero-order valence-electron chi connectivity index (χ0n) is 16.1. The number of rotatable bonds is 17. The molecule has 7 nitrogen and oxygen atoms in total. The SMILES string of the molecule is CCCCCCC(=O)CCCCCCC(=O)CCN(O)C(=O)[C@@H](N)CO. The van der Waals surface area contributed by atoms with Crippen molar-refractivity contribution in [2.24, 2.45) is 5.73 Å². The first-order valence-corrected chi connectivity index (χ1v) is 9.82. The quantitative estimate of drug-likeness (QED) is 0.205. The maximum atomic E-state index is 11.7. The monoisotopic (exact) mass is 372 g/mol. The van der Waals surface area contributed by atoms with Crippen molar-refractivity contribution in [3.8, 4) is 0 Å². The van der Waals surface area contributed by atoms with Crippen LogP contribution in [0.1, 0.15) is 84.0 Å². The highest BCUT2D eigenvalue weighted by Crippen LogP contribution is 2.10. The molecule has 0 aromatic carbocycles. The molecule has 0 rings (SSSR count). The molecular weight excluding hydrogens is 336 g/mol. The first-order chi connectivity index (χ1) is 12.4. The van der Waals surface area contributed by atoms with Crippen LogP contribution >= 0.6 is 0 Å². The fraction of sp³-hybridized carbons (Fsp3) is 0.842. The molecule has 0 bridgehead atoms. The van der Waals surface area contributed by atoms with Crippen LogP contribution in [0.2, 0.25) is 0 Å². The molecule has 26 heavy (non-hydrogen) atoms. The number of nitrogens with two attached hydrogens (primary N) is 1. The summed E-state index contributed by atoms with van der Waals surface area (Å²) in [6.45, 7) is 1.49. The van der Waals surface area contributed by atoms with E-state index in [1.165, 1.54) is 12.8 Å². The predicted octanol–water partition coefficient (Wildman–Crippen LogP) is 2.36. The second kappa shape index (κ2) is 15.9. The maximum Gasteiger partial charge on any atom is 0.265 e. The average molecular weight is 373 g/mol. The number of Topliss-reactive ketones (excluding diaryl/α,β-unsaturated/α-hetero) is 2. The molecule has 1 atom stereocenters. The smallest absolute Gasteiger partial charge is 0.265 e. The Kier molecular flexibility index (Phi) is 15.1. The Morgan fingerprint density at radius 2 is 1.31 bits per heavy atom. The third-order valence-corrected chi connectivity index (χ3v) is 4.34. The van der Waals surface area contributed by atoms with Crippen LogP contribution < -0.4 is 5.73 Å². The summed E-state index contributed by atoms with van der Waals surface area (Å²) < 4.78 is 0. The Morgan fingerprint density at radius 3 is 1.77 bits per heavy atom. The van der Waals surface area contributed by atoms with E-state index in [4.69, 9.17) is 10.8 Å². The van der Waals surface area contributed by atoms with Gasteiger partial charge in [0.2, 0.25) is 0 Å². The molecule has 1 amide bonds. The van der Waals surface area contributed by atoms with Crippen LogP contribution in [0.4, 0.5) is 0 Å². The van der Waals surface area contributed by atoms with Gasteiger partial charge in [0.05, 0.1) is 13.2 Å². The number of hydrogen-bond acceptors (Lipinski definition) is 6. The van der Waals surface area contributed by atoms with Crippen molar-refractivity contribution in [1.82, 2.24) is 5.06 Å². The number of carbonyl (C=O) groups excluding carboxylic acids is 3. The standard InChI is InChI=1S/C19H36N2O5/c1-2-3-4-7-10-16(23)11-8-5-6-9-12-17(24)13-14-21(26)19(25)18(20)15-22/h18,22,26H,2-15,20H2,1H3/t18-/m0/s1. The number of aliphatic hydroxyl groups is 1. The number of amides is 1. The number of carbonyl (C=O) groups is 3. The predicted molar refractivity (Wildman–Crippen MR) is 99.7 cm³/mol. The molecule has 0 spiro atoms. The molecule has 0 unspecified atom stereocenters. The molecule has 0 aliphatic rings. The van der Waals surface area contributed by atoms with E-state index in [1.54, 1.807) is 0 Å². The second-order valence-electron chi connectivity index (χ2n) is 6.80. The number of unbranched alkanes of at least 4 members (excludes halogenated alkanes) is 6. The van der Waals surface area contributed by atoms with Crippen molar-refractivity contribution in [2.45, 2.75) is 90.0 Å². The summed E-state index contributed by atoms with van der Waals surface area (Å²) >= 11 is 0. The minimum atomic E-state index is -1.16. The fourth-order valence-electron chi connectivity index (χ4n) is 2.61. The summed E-state index contributed by atoms with van der Waals surface area (Å²) in [5.41, 5.74) is 5.30. The zero-order chi connectivity index (χ0) is 19.8. The largest absolute Gasteiger partial charge is 0.394 e. The zero-order valence-corrected chi connectivity index (χ0v) is 16.1. The van der Waals surface area contributed by atoms with Gasteiger partial charge in [0, 0.05) is 25.7 Å². The third kappa shape index (κ3) is 13.0. The summed E-state index contributed by atoms with van der Waals surface area (Å²) in [5, 5.41) is 18.6. The van der Waals surface area contributed by atoms with E-state index >= 15 is 0 Å². The molecule has 0 saturated heterocycles. The van der Waals surface area contributed by atoms with Crippen molar-refractivity contribution in [2.75, 3.05) is 13.2 Å². The lowest BCUT2D eigenvalue weighted by Gasteiger charge is -2.17. The lowest BCUT2D eigenvalue weighted by molar-refractivity contribution is -0.168. The van der Waals surface area contributed by atoms with Crippen LogP contribution in [0.5, 0.6) is 0 Å². The van der Waals surface area contributed by atoms with Gasteiger partial charge in [0.15, 0.2) is 0 Å². The van der Waals surface area contributed by atoms with Gasteiger partial charge in [0.1, 0.15) is 17.6 Å². The molecule has 152 valence electrons. The van der Waals surface area contributed by atoms with Gasteiger partial charge in [-0.15, -0.1) is 0 Å². The molecule has 0 aromatic heterocycles. The van der Waals surface area contributed by atoms with E-state index in [2.05, 4.69) is 6.92 Å². The van der Waals surface area contributed by atoms with Crippen LogP contribution in [0.3, 0.4) is 0 Å². The lowest BCUT2D eigenvalue weighted by atomic mass is 10.0. The molecular formula is C19H36N2O5. The molecule has 4 N–H and O–H groups in total. The minimum Gasteiger partial charge on any atom is -0.394 e. The third-order valence-electron chi connectivity index (χ3n) is 4.34. The molecule has 0 fully saturated rings. The van der Waals surface area contributed by atoms with Crippen LogP contribution in [0, 0.1) is 0 Å². The van der Waals surface area contributed by atoms with E-state index in [9.17, 15) is 19.6 Å². The van der Waals surface area contributed by atoms with Gasteiger partial charge in [-0.3, -0.25) is 19.6 Å². The summed E-state index contributed by atoms with van der Waals surface area (Å²) in [6.07, 6.45) is 9.74. The van der Waals surface area contributed by atoms with Crippen LogP contribution in [-0.2, 0) is 14.4 Å². The van der Waals surface area contributed by atoms with Crippen molar-refractivity contribution in [1.29, 1.82) is 0 Å². The Balaban J connectivity index is 3.59. The van der Waals surface area contributed by atoms with Gasteiger partial charge in [-0.2, -0.15) is 0 Å². The number of ketones is 2. The number of aliphatic hydroxyl groups excluding tert-OH is 1. The number of hydroxylamine groups is 2. The van der Waals surface area contributed by atoms with Gasteiger partial charge in [-0.05, 0) is 19.3 Å². The molecule has 0 heterocycles. The summed E-state index contributed by atoms with van der Waals surface area (Å²) in [5.74, 6) is -0.480. The first-order valence-electron chi connectivity index (χ1n) is 9.82. The van der Waals surface area contributed by atoms with Crippen LogP contribution in [0.15, 0.2) is 0 Å². The Morgan fingerprint density at radius 1 is 0.846 bits per heavy atom. The van der Waals surface area contributed by atoms with Gasteiger partial charge >= 0.3 is 0 Å². The highest BCUT2D eigenvalue weighted by Gasteiger charge is 2.19. The van der Waals surface area contributed by atoms with Crippen LogP contribution in [0.25, 0.3) is 0 Å². The van der Waals surface area contributed by atoms with Gasteiger partial charge in [-0.25, -0.2) is 5.06 Å². The minimum absolute atomic E-state index is 0.0265.